The summed E-state index contributed by atoms with van der Waals surface area (Å²) in [5.74, 6) is -1.08. The molecule has 0 aliphatic rings. The van der Waals surface area contributed by atoms with Crippen molar-refractivity contribution in [3.05, 3.63) is 53.1 Å². The van der Waals surface area contributed by atoms with Crippen molar-refractivity contribution in [3.8, 4) is 11.5 Å². The number of hydrogen-bond donors (Lipinski definition) is 3. The van der Waals surface area contributed by atoms with Gasteiger partial charge in [0.15, 0.2) is 17.1 Å². The van der Waals surface area contributed by atoms with Gasteiger partial charge in [0, 0.05) is 17.3 Å². The van der Waals surface area contributed by atoms with Crippen LogP contribution in [0.2, 0.25) is 5.02 Å². The van der Waals surface area contributed by atoms with E-state index in [-0.39, 0.29) is 11.5 Å². The molecule has 0 aliphatic carbocycles. The third-order valence-electron chi connectivity index (χ3n) is 3.24. The van der Waals surface area contributed by atoms with Gasteiger partial charge in [-0.15, -0.1) is 0 Å². The summed E-state index contributed by atoms with van der Waals surface area (Å²) in [5.41, 5.74) is 0.319. The summed E-state index contributed by atoms with van der Waals surface area (Å²) in [7, 11) is 0. The number of aliphatic carboxylic acids is 1. The number of phenolic OH excluding ortho intramolecular Hbond substituents is 1. The summed E-state index contributed by atoms with van der Waals surface area (Å²) >= 11 is 5.83. The van der Waals surface area contributed by atoms with Crippen molar-refractivity contribution in [2.75, 3.05) is 5.32 Å². The molecule has 0 bridgehead atoms. The Morgan fingerprint density at radius 2 is 1.87 bits per heavy atom. The van der Waals surface area contributed by atoms with Crippen LogP contribution in [-0.2, 0) is 11.3 Å². The van der Waals surface area contributed by atoms with Crippen molar-refractivity contribution in [3.63, 3.8) is 0 Å². The minimum absolute atomic E-state index is 0.102. The lowest BCUT2D eigenvalue weighted by Crippen LogP contribution is -2.37. The first-order valence-electron chi connectivity index (χ1n) is 7.02. The number of phenols is 1. The molecule has 3 N–H and O–H groups in total. The van der Waals surface area contributed by atoms with Gasteiger partial charge in [-0.3, -0.25) is 0 Å². The largest absolute Gasteiger partial charge is 0.504 e. The molecule has 23 heavy (non-hydrogen) atoms. The van der Waals surface area contributed by atoms with Crippen molar-refractivity contribution in [2.45, 2.75) is 26.0 Å². The van der Waals surface area contributed by atoms with Crippen LogP contribution in [0.4, 0.5) is 5.69 Å². The van der Waals surface area contributed by atoms with Crippen molar-refractivity contribution >= 4 is 23.3 Å². The number of rotatable bonds is 6. The van der Waals surface area contributed by atoms with Crippen LogP contribution in [0.15, 0.2) is 42.5 Å². The number of carboxylic acids is 1. The zero-order chi connectivity index (χ0) is 17.0. The van der Waals surface area contributed by atoms with E-state index in [1.54, 1.807) is 24.3 Å². The van der Waals surface area contributed by atoms with Crippen LogP contribution in [0, 0.1) is 0 Å². The monoisotopic (exact) mass is 335 g/mol. The molecule has 0 amide bonds. The molecule has 0 saturated heterocycles. The highest BCUT2D eigenvalue weighted by atomic mass is 35.5. The maximum atomic E-state index is 11.1. The van der Waals surface area contributed by atoms with Crippen LogP contribution in [0.25, 0.3) is 0 Å². The smallest absolute Gasteiger partial charge is 0.347 e. The number of carboxylic acid groups (broad SMARTS) is 1. The van der Waals surface area contributed by atoms with E-state index in [4.69, 9.17) is 21.4 Å². The molecule has 0 aliphatic heterocycles. The van der Waals surface area contributed by atoms with Crippen LogP contribution < -0.4 is 10.1 Å². The average Bonchev–Trinajstić information content (AvgIpc) is 2.49. The molecule has 0 unspecified atom stereocenters. The second-order valence-electron chi connectivity index (χ2n) is 5.58. The lowest BCUT2D eigenvalue weighted by molar-refractivity contribution is -0.152. The lowest BCUT2D eigenvalue weighted by atomic mass is 10.1. The Bertz CT molecular complexity index is 698. The molecule has 0 heterocycles. The average molecular weight is 336 g/mol. The highest BCUT2D eigenvalue weighted by molar-refractivity contribution is 6.30. The van der Waals surface area contributed by atoms with E-state index >= 15 is 0 Å². The predicted octanol–water partition coefficient (Wildman–Crippen LogP) is 3.90. The van der Waals surface area contributed by atoms with Crippen molar-refractivity contribution in [1.82, 2.24) is 0 Å². The minimum atomic E-state index is -1.42. The molecule has 122 valence electrons. The molecule has 0 fully saturated rings. The molecule has 2 aromatic rings. The van der Waals surface area contributed by atoms with E-state index < -0.39 is 11.6 Å². The molecule has 5 nitrogen and oxygen atoms in total. The summed E-state index contributed by atoms with van der Waals surface area (Å²) in [4.78, 5) is 11.1. The molecule has 0 atom stereocenters. The van der Waals surface area contributed by atoms with Gasteiger partial charge in [0.05, 0.1) is 0 Å². The number of hydrogen-bond acceptors (Lipinski definition) is 4. The molecule has 2 rings (SSSR count). The fourth-order valence-electron chi connectivity index (χ4n) is 1.85. The van der Waals surface area contributed by atoms with Gasteiger partial charge in [0.25, 0.3) is 0 Å². The third-order valence-corrected chi connectivity index (χ3v) is 3.50. The number of benzene rings is 2. The van der Waals surface area contributed by atoms with Crippen LogP contribution >= 0.6 is 11.6 Å². The first-order valence-corrected chi connectivity index (χ1v) is 7.39. The summed E-state index contributed by atoms with van der Waals surface area (Å²) < 4.78 is 5.34. The van der Waals surface area contributed by atoms with E-state index in [9.17, 15) is 9.90 Å². The minimum Gasteiger partial charge on any atom is -0.504 e. The Balaban J connectivity index is 2.04. The second kappa shape index (κ2) is 6.79. The molecule has 2 aromatic carbocycles. The molecule has 0 saturated carbocycles. The van der Waals surface area contributed by atoms with E-state index in [0.29, 0.717) is 11.6 Å². The maximum absolute atomic E-state index is 11.1. The van der Waals surface area contributed by atoms with Gasteiger partial charge < -0.3 is 20.3 Å². The highest BCUT2D eigenvalue weighted by Gasteiger charge is 2.30. The van der Waals surface area contributed by atoms with Gasteiger partial charge in [0.1, 0.15) is 0 Å². The van der Waals surface area contributed by atoms with E-state index in [0.717, 1.165) is 11.3 Å². The van der Waals surface area contributed by atoms with Gasteiger partial charge >= 0.3 is 5.97 Å². The van der Waals surface area contributed by atoms with Crippen LogP contribution in [0.3, 0.4) is 0 Å². The van der Waals surface area contributed by atoms with Crippen LogP contribution in [0.5, 0.6) is 11.5 Å². The molecular weight excluding hydrogens is 318 g/mol. The van der Waals surface area contributed by atoms with Crippen molar-refractivity contribution in [2.24, 2.45) is 0 Å². The van der Waals surface area contributed by atoms with Crippen LogP contribution in [0.1, 0.15) is 19.4 Å². The standard InChI is InChI=1S/C17H18ClNO4/c1-17(2,16(21)22)23-15-8-3-11(9-14(15)20)10-19-13-6-4-12(18)5-7-13/h3-9,19-20H,10H2,1-2H3,(H,21,22). The summed E-state index contributed by atoms with van der Waals surface area (Å²) in [5, 5.41) is 22.9. The van der Waals surface area contributed by atoms with E-state index in [2.05, 4.69) is 5.32 Å². The van der Waals surface area contributed by atoms with E-state index in [1.807, 2.05) is 12.1 Å². The normalized spacial score (nSPS) is 11.1. The molecule has 6 heteroatoms. The number of aromatic hydroxyl groups is 1. The highest BCUT2D eigenvalue weighted by Crippen LogP contribution is 2.30. The Labute approximate surface area is 139 Å². The topological polar surface area (TPSA) is 78.8 Å². The molecule has 0 radical (unpaired) electrons. The Morgan fingerprint density at radius 3 is 2.43 bits per heavy atom. The summed E-state index contributed by atoms with van der Waals surface area (Å²) in [6.07, 6.45) is 0. The first-order chi connectivity index (χ1) is 10.8. The molecule has 0 spiro atoms. The fourth-order valence-corrected chi connectivity index (χ4v) is 1.98. The first kappa shape index (κ1) is 17.0. The molecular formula is C17H18ClNO4. The third kappa shape index (κ3) is 4.53. The maximum Gasteiger partial charge on any atom is 0.347 e. The van der Waals surface area contributed by atoms with Crippen molar-refractivity contribution in [1.29, 1.82) is 0 Å². The van der Waals surface area contributed by atoms with Gasteiger partial charge in [-0.2, -0.15) is 0 Å². The number of halogens is 1. The van der Waals surface area contributed by atoms with Gasteiger partial charge in [0.2, 0.25) is 0 Å². The number of carbonyl (C=O) groups is 1. The SMILES string of the molecule is CC(C)(Oc1ccc(CNc2ccc(Cl)cc2)cc1O)C(=O)O. The number of ether oxygens (including phenoxy) is 1. The van der Waals surface area contributed by atoms with Gasteiger partial charge in [-0.05, 0) is 55.8 Å². The zero-order valence-corrected chi connectivity index (χ0v) is 13.6. The molecule has 0 aromatic heterocycles. The second-order valence-corrected chi connectivity index (χ2v) is 6.02. The summed E-state index contributed by atoms with van der Waals surface area (Å²) in [6, 6.07) is 12.1. The lowest BCUT2D eigenvalue weighted by Gasteiger charge is -2.22. The quantitative estimate of drug-likeness (QED) is 0.746. The van der Waals surface area contributed by atoms with Crippen LogP contribution in [-0.4, -0.2) is 21.8 Å². The Morgan fingerprint density at radius 1 is 1.22 bits per heavy atom. The van der Waals surface area contributed by atoms with Gasteiger partial charge in [-0.1, -0.05) is 17.7 Å². The van der Waals surface area contributed by atoms with Crippen molar-refractivity contribution < 1.29 is 19.7 Å². The summed E-state index contributed by atoms with van der Waals surface area (Å²) in [6.45, 7) is 3.34. The predicted molar refractivity (Wildman–Crippen MR) is 89.2 cm³/mol. The Kier molecular flexibility index (Phi) is 5.01. The fraction of sp³-hybridized carbons (Fsp3) is 0.235. The Hall–Kier alpha value is -2.40. The van der Waals surface area contributed by atoms with Gasteiger partial charge in [-0.25, -0.2) is 4.79 Å². The zero-order valence-electron chi connectivity index (χ0n) is 12.8. The number of anilines is 1. The van der Waals surface area contributed by atoms with E-state index in [1.165, 1.54) is 19.9 Å². The number of nitrogens with one attached hydrogen (secondary N) is 1.